The van der Waals surface area contributed by atoms with Crippen LogP contribution in [0.4, 0.5) is 0 Å². The molecule has 0 saturated carbocycles. The monoisotopic (exact) mass is 477 g/mol. The van der Waals surface area contributed by atoms with Crippen LogP contribution in [0.1, 0.15) is 49.6 Å². The fraction of sp³-hybridized carbons (Fsp3) is 0.333. The van der Waals surface area contributed by atoms with Gasteiger partial charge in [-0.2, -0.15) is 0 Å². The lowest BCUT2D eigenvalue weighted by atomic mass is 9.94. The minimum Gasteiger partial charge on any atom is -0.495 e. The molecule has 1 amide bonds. The van der Waals surface area contributed by atoms with Gasteiger partial charge in [-0.1, -0.05) is 29.8 Å². The Labute approximate surface area is 204 Å². The summed E-state index contributed by atoms with van der Waals surface area (Å²) in [6.07, 6.45) is 7.29. The maximum Gasteiger partial charge on any atom is 0.289 e. The third kappa shape index (κ3) is 3.96. The van der Waals surface area contributed by atoms with Gasteiger partial charge in [0.1, 0.15) is 11.4 Å². The van der Waals surface area contributed by atoms with Gasteiger partial charge in [0.15, 0.2) is 5.76 Å². The van der Waals surface area contributed by atoms with Crippen molar-refractivity contribution in [3.63, 3.8) is 0 Å². The van der Waals surface area contributed by atoms with Gasteiger partial charge in [0, 0.05) is 11.2 Å². The highest BCUT2D eigenvalue weighted by atomic mass is 35.5. The molecular formula is C27H28ClN3O3. The number of aryl methyl sites for hydroxylation is 1. The number of hydrogen-bond acceptors (Lipinski definition) is 4. The number of carbonyl (C=O) groups excluding carboxylic acids is 1. The molecular weight excluding hydrogens is 450 g/mol. The lowest BCUT2D eigenvalue weighted by Crippen LogP contribution is -2.55. The second kappa shape index (κ2) is 8.51. The highest BCUT2D eigenvalue weighted by Crippen LogP contribution is 2.46. The molecule has 3 aromatic rings. The van der Waals surface area contributed by atoms with Gasteiger partial charge in [-0.3, -0.25) is 4.79 Å². The van der Waals surface area contributed by atoms with Gasteiger partial charge in [0.25, 0.3) is 5.91 Å². The predicted molar refractivity (Wildman–Crippen MR) is 132 cm³/mol. The minimum atomic E-state index is -0.501. The number of imidazole rings is 1. The summed E-state index contributed by atoms with van der Waals surface area (Å²) in [6.45, 7) is 6.05. The molecule has 0 aliphatic carbocycles. The Balaban J connectivity index is 1.49. The molecule has 3 heterocycles. The molecule has 0 radical (unpaired) electrons. The van der Waals surface area contributed by atoms with Gasteiger partial charge >= 0.3 is 0 Å². The summed E-state index contributed by atoms with van der Waals surface area (Å²) in [6, 6.07) is 13.6. The third-order valence-electron chi connectivity index (χ3n) is 6.75. The fourth-order valence-electron chi connectivity index (χ4n) is 5.10. The summed E-state index contributed by atoms with van der Waals surface area (Å²) in [5, 5.41) is 0.691. The topological polar surface area (TPSA) is 56.6 Å². The summed E-state index contributed by atoms with van der Waals surface area (Å²) in [7, 11) is 1.64. The lowest BCUT2D eigenvalue weighted by molar-refractivity contribution is -0.155. The number of fused-ring (bicyclic) bond motifs is 1. The maximum absolute atomic E-state index is 13.7. The number of nitrogens with zero attached hydrogens (tertiary/aromatic N) is 3. The van der Waals surface area contributed by atoms with Crippen LogP contribution >= 0.6 is 11.6 Å². The highest BCUT2D eigenvalue weighted by Gasteiger charge is 2.51. The molecule has 34 heavy (non-hydrogen) atoms. The molecule has 0 N–H and O–H groups in total. The highest BCUT2D eigenvalue weighted by molar-refractivity contribution is 6.30. The van der Waals surface area contributed by atoms with E-state index in [-0.39, 0.29) is 18.0 Å². The van der Waals surface area contributed by atoms with Crippen molar-refractivity contribution in [1.82, 2.24) is 14.5 Å². The van der Waals surface area contributed by atoms with E-state index in [2.05, 4.69) is 18.8 Å². The summed E-state index contributed by atoms with van der Waals surface area (Å²) in [5.41, 5.74) is 3.23. The van der Waals surface area contributed by atoms with E-state index >= 15 is 0 Å². The van der Waals surface area contributed by atoms with Crippen molar-refractivity contribution in [2.24, 2.45) is 0 Å². The first-order chi connectivity index (χ1) is 16.3. The Bertz CT molecular complexity index is 1260. The first-order valence-electron chi connectivity index (χ1n) is 11.4. The minimum absolute atomic E-state index is 0.00253. The zero-order valence-corrected chi connectivity index (χ0v) is 20.5. The summed E-state index contributed by atoms with van der Waals surface area (Å²) in [5.74, 6) is 0.942. The van der Waals surface area contributed by atoms with E-state index in [9.17, 15) is 4.79 Å². The van der Waals surface area contributed by atoms with Crippen LogP contribution in [0.5, 0.6) is 5.75 Å². The van der Waals surface area contributed by atoms with E-state index in [1.165, 1.54) is 0 Å². The molecule has 2 saturated heterocycles. The number of hydrogen-bond donors (Lipinski definition) is 0. The zero-order valence-electron chi connectivity index (χ0n) is 19.8. The number of halogens is 1. The van der Waals surface area contributed by atoms with Crippen LogP contribution in [0.25, 0.3) is 11.8 Å². The molecule has 2 aromatic carbocycles. The van der Waals surface area contributed by atoms with Crippen LogP contribution in [0.2, 0.25) is 5.02 Å². The van der Waals surface area contributed by atoms with Gasteiger partial charge in [-0.05, 0) is 75.1 Å². The van der Waals surface area contributed by atoms with Gasteiger partial charge in [0.05, 0.1) is 36.9 Å². The normalized spacial score (nSPS) is 22.6. The fourth-order valence-corrected chi connectivity index (χ4v) is 5.23. The molecule has 5 rings (SSSR count). The molecule has 0 spiro atoms. The van der Waals surface area contributed by atoms with Gasteiger partial charge in [-0.25, -0.2) is 4.98 Å². The molecule has 2 aliphatic heterocycles. The summed E-state index contributed by atoms with van der Waals surface area (Å²) >= 11 is 6.09. The third-order valence-corrected chi connectivity index (χ3v) is 7.00. The van der Waals surface area contributed by atoms with E-state index in [0.29, 0.717) is 16.5 Å². The van der Waals surface area contributed by atoms with Crippen molar-refractivity contribution in [2.45, 2.75) is 51.3 Å². The van der Waals surface area contributed by atoms with Crippen molar-refractivity contribution in [1.29, 1.82) is 0 Å². The van der Waals surface area contributed by atoms with Crippen molar-refractivity contribution in [3.05, 3.63) is 82.6 Å². The molecule has 0 bridgehead atoms. The van der Waals surface area contributed by atoms with E-state index in [1.54, 1.807) is 13.4 Å². The van der Waals surface area contributed by atoms with Gasteiger partial charge in [0.2, 0.25) is 0 Å². The van der Waals surface area contributed by atoms with Crippen LogP contribution in [0.3, 0.4) is 0 Å². The molecule has 1 aromatic heterocycles. The number of morpholine rings is 1. The van der Waals surface area contributed by atoms with E-state index in [1.807, 2.05) is 71.1 Å². The van der Waals surface area contributed by atoms with Gasteiger partial charge < -0.3 is 18.9 Å². The Morgan fingerprint density at radius 1 is 1.18 bits per heavy atom. The molecule has 2 fully saturated rings. The Kier molecular flexibility index (Phi) is 5.64. The van der Waals surface area contributed by atoms with E-state index in [4.69, 9.17) is 21.1 Å². The SMILES string of the molecule is COc1cc(C=C2OC(C)(C)[C@H]3CC[C@@H](c4ccc(Cl)cc4)N3C2=O)ccc1-n1cnc(C)c1. The van der Waals surface area contributed by atoms with Crippen molar-refractivity contribution >= 4 is 23.6 Å². The number of benzene rings is 2. The average Bonchev–Trinajstić information content (AvgIpc) is 3.45. The van der Waals surface area contributed by atoms with Crippen LogP contribution < -0.4 is 4.74 Å². The smallest absolute Gasteiger partial charge is 0.289 e. The van der Waals surface area contributed by atoms with Crippen LogP contribution in [0, 0.1) is 6.92 Å². The quantitative estimate of drug-likeness (QED) is 0.450. The Morgan fingerprint density at radius 3 is 2.62 bits per heavy atom. The van der Waals surface area contributed by atoms with Gasteiger partial charge in [-0.15, -0.1) is 0 Å². The first-order valence-corrected chi connectivity index (χ1v) is 11.8. The molecule has 2 atom stereocenters. The number of amides is 1. The standard InChI is InChI=1S/C27H28ClN3O3/c1-17-15-30(16-29-17)22-10-5-18(13-23(22)33-4)14-24-26(32)31-21(19-6-8-20(28)9-7-19)11-12-25(31)27(2,3)34-24/h5-10,13-16,21,25H,11-12H2,1-4H3/t21-,25+/m0/s1. The number of methoxy groups -OCH3 is 1. The number of carbonyl (C=O) groups is 1. The van der Waals surface area contributed by atoms with Crippen LogP contribution in [-0.4, -0.2) is 39.1 Å². The van der Waals surface area contributed by atoms with E-state index in [0.717, 1.165) is 35.3 Å². The summed E-state index contributed by atoms with van der Waals surface area (Å²) < 4.78 is 13.8. The summed E-state index contributed by atoms with van der Waals surface area (Å²) in [4.78, 5) is 20.0. The Hall–Kier alpha value is -3.25. The van der Waals surface area contributed by atoms with E-state index < -0.39 is 5.60 Å². The molecule has 176 valence electrons. The van der Waals surface area contributed by atoms with Crippen LogP contribution in [0.15, 0.2) is 60.7 Å². The zero-order chi connectivity index (χ0) is 24.0. The second-order valence-corrected chi connectivity index (χ2v) is 9.88. The first kappa shape index (κ1) is 22.5. The Morgan fingerprint density at radius 2 is 1.94 bits per heavy atom. The molecule has 6 nitrogen and oxygen atoms in total. The van der Waals surface area contributed by atoms with Crippen molar-refractivity contribution in [3.8, 4) is 11.4 Å². The van der Waals surface area contributed by atoms with Crippen molar-refractivity contribution < 1.29 is 14.3 Å². The number of ether oxygens (including phenoxy) is 2. The predicted octanol–water partition coefficient (Wildman–Crippen LogP) is 5.72. The second-order valence-electron chi connectivity index (χ2n) is 9.44. The number of aromatic nitrogens is 2. The van der Waals surface area contributed by atoms with Crippen LogP contribution in [-0.2, 0) is 9.53 Å². The largest absolute Gasteiger partial charge is 0.495 e. The molecule has 0 unspecified atom stereocenters. The molecule has 7 heteroatoms. The lowest BCUT2D eigenvalue weighted by Gasteiger charge is -2.45. The maximum atomic E-state index is 13.7. The van der Waals surface area contributed by atoms with Crippen molar-refractivity contribution in [2.75, 3.05) is 7.11 Å². The average molecular weight is 478 g/mol. The number of rotatable bonds is 4. The molecule has 2 aliphatic rings.